The summed E-state index contributed by atoms with van der Waals surface area (Å²) in [6.07, 6.45) is 5.99. The van der Waals surface area contributed by atoms with Crippen molar-refractivity contribution in [3.63, 3.8) is 0 Å². The minimum Gasteiger partial charge on any atom is -0.384 e. The molecular weight excluding hydrogens is 226 g/mol. The summed E-state index contributed by atoms with van der Waals surface area (Å²) < 4.78 is 0. The van der Waals surface area contributed by atoms with E-state index in [9.17, 15) is 4.91 Å². The third-order valence-corrected chi connectivity index (χ3v) is 2.58. The fourth-order valence-corrected chi connectivity index (χ4v) is 1.53. The molecule has 4 nitrogen and oxygen atoms in total. The van der Waals surface area contributed by atoms with Gasteiger partial charge < -0.3 is 5.32 Å². The average Bonchev–Trinajstić information content (AvgIpc) is 3.06. The lowest BCUT2D eigenvalue weighted by Gasteiger charge is -2.08. The molecule has 16 heavy (non-hydrogen) atoms. The van der Waals surface area contributed by atoms with Crippen LogP contribution in [0.2, 0.25) is 5.15 Å². The van der Waals surface area contributed by atoms with Crippen LogP contribution in [0.25, 0.3) is 0 Å². The molecule has 0 saturated heterocycles. The van der Waals surface area contributed by atoms with Gasteiger partial charge in [0.1, 0.15) is 5.15 Å². The van der Waals surface area contributed by atoms with Crippen LogP contribution in [0, 0.1) is 4.91 Å². The molecule has 1 heterocycles. The number of rotatable bonds is 5. The highest BCUT2D eigenvalue weighted by atomic mass is 35.5. The lowest BCUT2D eigenvalue weighted by molar-refractivity contribution is 0.771. The molecule has 0 bridgehead atoms. The minimum absolute atomic E-state index is 0.470. The molecule has 1 N–H and O–H groups in total. The van der Waals surface area contributed by atoms with Crippen molar-refractivity contribution in [3.8, 4) is 0 Å². The molecule has 1 aliphatic rings. The normalized spacial score (nSPS) is 15.9. The molecule has 0 amide bonds. The molecule has 1 aliphatic carbocycles. The summed E-state index contributed by atoms with van der Waals surface area (Å²) in [4.78, 5) is 14.2. The molecular formula is C11H12ClN3O. The number of nitroso groups, excluding NO2 is 1. The van der Waals surface area contributed by atoms with Crippen LogP contribution < -0.4 is 5.32 Å². The standard InChI is InChI=1S/C11H12ClN3O/c12-11-4-1-8(6-13-11)5-10(7-14-16)15-9-2-3-9/h1,4,6-7,9,15H,2-3,5H2/b10-7-. The van der Waals surface area contributed by atoms with Gasteiger partial charge in [-0.2, -0.15) is 0 Å². The van der Waals surface area contributed by atoms with E-state index >= 15 is 0 Å². The van der Waals surface area contributed by atoms with Crippen molar-refractivity contribution in [2.75, 3.05) is 0 Å². The molecule has 0 aromatic carbocycles. The number of hydrogen-bond donors (Lipinski definition) is 1. The van der Waals surface area contributed by atoms with Gasteiger partial charge in [0, 0.05) is 24.4 Å². The van der Waals surface area contributed by atoms with Crippen molar-refractivity contribution < 1.29 is 0 Å². The molecule has 0 radical (unpaired) electrons. The van der Waals surface area contributed by atoms with Crippen LogP contribution >= 0.6 is 11.6 Å². The van der Waals surface area contributed by atoms with Crippen molar-refractivity contribution in [1.29, 1.82) is 0 Å². The lowest BCUT2D eigenvalue weighted by Crippen LogP contribution is -2.17. The van der Waals surface area contributed by atoms with Crippen LogP contribution in [0.4, 0.5) is 0 Å². The molecule has 1 aromatic rings. The predicted molar refractivity (Wildman–Crippen MR) is 63.0 cm³/mol. The van der Waals surface area contributed by atoms with Crippen LogP contribution in [0.15, 0.2) is 35.4 Å². The van der Waals surface area contributed by atoms with Crippen molar-refractivity contribution >= 4 is 11.6 Å². The van der Waals surface area contributed by atoms with Crippen LogP contribution in [0.5, 0.6) is 0 Å². The largest absolute Gasteiger partial charge is 0.384 e. The number of hydrogen-bond acceptors (Lipinski definition) is 4. The van der Waals surface area contributed by atoms with Gasteiger partial charge >= 0.3 is 0 Å². The summed E-state index contributed by atoms with van der Waals surface area (Å²) in [5.41, 5.74) is 1.84. The van der Waals surface area contributed by atoms with Gasteiger partial charge in [-0.15, -0.1) is 4.91 Å². The third-order valence-electron chi connectivity index (χ3n) is 2.36. The maximum Gasteiger partial charge on any atom is 0.129 e. The zero-order valence-electron chi connectivity index (χ0n) is 8.69. The van der Waals surface area contributed by atoms with Crippen molar-refractivity contribution in [1.82, 2.24) is 10.3 Å². The summed E-state index contributed by atoms with van der Waals surface area (Å²) in [6, 6.07) is 4.14. The topological polar surface area (TPSA) is 54.4 Å². The van der Waals surface area contributed by atoms with Gasteiger partial charge in [0.25, 0.3) is 0 Å². The maximum atomic E-state index is 10.3. The molecule has 1 aromatic heterocycles. The number of nitrogens with zero attached hydrogens (tertiary/aromatic N) is 2. The van der Waals surface area contributed by atoms with E-state index in [4.69, 9.17) is 11.6 Å². The first-order valence-electron chi connectivity index (χ1n) is 5.16. The predicted octanol–water partition coefficient (Wildman–Crippen LogP) is 2.64. The van der Waals surface area contributed by atoms with Gasteiger partial charge in [-0.25, -0.2) is 4.98 Å². The van der Waals surface area contributed by atoms with Gasteiger partial charge in [-0.05, 0) is 29.6 Å². The van der Waals surface area contributed by atoms with Crippen LogP contribution in [0.3, 0.4) is 0 Å². The van der Waals surface area contributed by atoms with Gasteiger partial charge in [0.15, 0.2) is 0 Å². The van der Waals surface area contributed by atoms with E-state index in [0.29, 0.717) is 17.6 Å². The number of pyridine rings is 1. The summed E-state index contributed by atoms with van der Waals surface area (Å²) in [5, 5.41) is 6.54. The Morgan fingerprint density at radius 1 is 1.62 bits per heavy atom. The Labute approximate surface area is 98.7 Å². The molecule has 2 rings (SSSR count). The Morgan fingerprint density at radius 3 is 3.00 bits per heavy atom. The Hall–Kier alpha value is -1.42. The molecule has 0 aliphatic heterocycles. The molecule has 0 spiro atoms. The molecule has 1 fully saturated rings. The van der Waals surface area contributed by atoms with Crippen molar-refractivity contribution in [2.24, 2.45) is 5.18 Å². The first-order chi connectivity index (χ1) is 7.78. The summed E-state index contributed by atoms with van der Waals surface area (Å²) in [7, 11) is 0. The quantitative estimate of drug-likeness (QED) is 0.633. The molecule has 1 saturated carbocycles. The van der Waals surface area contributed by atoms with E-state index in [1.165, 1.54) is 6.20 Å². The highest BCUT2D eigenvalue weighted by Gasteiger charge is 2.21. The van der Waals surface area contributed by atoms with Gasteiger partial charge in [-0.3, -0.25) is 0 Å². The Balaban J connectivity index is 2.01. The summed E-state index contributed by atoms with van der Waals surface area (Å²) in [6.45, 7) is 0. The van der Waals surface area contributed by atoms with Crippen molar-refractivity contribution in [3.05, 3.63) is 45.9 Å². The van der Waals surface area contributed by atoms with Crippen LogP contribution in [-0.4, -0.2) is 11.0 Å². The first kappa shape index (κ1) is 11.1. The van der Waals surface area contributed by atoms with E-state index in [1.54, 1.807) is 12.3 Å². The molecule has 5 heteroatoms. The smallest absolute Gasteiger partial charge is 0.129 e. The van der Waals surface area contributed by atoms with Gasteiger partial charge in [0.2, 0.25) is 0 Å². The molecule has 84 valence electrons. The zero-order valence-corrected chi connectivity index (χ0v) is 9.44. The van der Waals surface area contributed by atoms with Gasteiger partial charge in [0.05, 0.1) is 6.20 Å². The minimum atomic E-state index is 0.470. The fraction of sp³-hybridized carbons (Fsp3) is 0.364. The fourth-order valence-electron chi connectivity index (χ4n) is 1.42. The summed E-state index contributed by atoms with van der Waals surface area (Å²) in [5.74, 6) is 0. The van der Waals surface area contributed by atoms with Crippen LogP contribution in [0.1, 0.15) is 18.4 Å². The molecule has 0 unspecified atom stereocenters. The second-order valence-corrected chi connectivity index (χ2v) is 4.23. The Kier molecular flexibility index (Phi) is 3.51. The van der Waals surface area contributed by atoms with Gasteiger partial charge in [-0.1, -0.05) is 17.7 Å². The van der Waals surface area contributed by atoms with E-state index in [2.05, 4.69) is 15.5 Å². The van der Waals surface area contributed by atoms with Crippen molar-refractivity contribution in [2.45, 2.75) is 25.3 Å². The number of halogens is 1. The molecule has 0 atom stereocenters. The SMILES string of the molecule is O=N/C=C(/Cc1ccc(Cl)nc1)NC1CC1. The highest BCUT2D eigenvalue weighted by Crippen LogP contribution is 2.21. The maximum absolute atomic E-state index is 10.3. The highest BCUT2D eigenvalue weighted by molar-refractivity contribution is 6.29. The average molecular weight is 238 g/mol. The Bertz CT molecular complexity index is 398. The van der Waals surface area contributed by atoms with E-state index < -0.39 is 0 Å². The third kappa shape index (κ3) is 3.31. The summed E-state index contributed by atoms with van der Waals surface area (Å²) >= 11 is 5.69. The zero-order chi connectivity index (χ0) is 11.4. The number of nitrogens with one attached hydrogen (secondary N) is 1. The van der Waals surface area contributed by atoms with Crippen LogP contribution in [-0.2, 0) is 6.42 Å². The van der Waals surface area contributed by atoms with E-state index in [-0.39, 0.29) is 0 Å². The lowest BCUT2D eigenvalue weighted by atomic mass is 10.1. The second-order valence-electron chi connectivity index (χ2n) is 3.84. The van der Waals surface area contributed by atoms with E-state index in [0.717, 1.165) is 24.1 Å². The monoisotopic (exact) mass is 237 g/mol. The number of aromatic nitrogens is 1. The second kappa shape index (κ2) is 5.07. The number of allylic oxidation sites excluding steroid dienone is 1. The first-order valence-corrected chi connectivity index (χ1v) is 5.54. The van der Waals surface area contributed by atoms with E-state index in [1.807, 2.05) is 6.07 Å². The Morgan fingerprint density at radius 2 is 2.44 bits per heavy atom.